The standard InChI is InChI=1S/C19H18FN3OS/c20-15-5-1-2-6-16(15)22-10-12-23(13-11-22)19(24)18-17(7-14-25-18)21-8-3-4-9-21/h1-9,14H,10-13H2. The molecule has 1 aliphatic heterocycles. The first-order chi connectivity index (χ1) is 12.2. The molecule has 0 aliphatic carbocycles. The summed E-state index contributed by atoms with van der Waals surface area (Å²) in [6.45, 7) is 2.46. The van der Waals surface area contributed by atoms with Crippen molar-refractivity contribution >= 4 is 22.9 Å². The SMILES string of the molecule is O=C(c1sccc1-n1cccc1)N1CCN(c2ccccc2F)CC1. The van der Waals surface area contributed by atoms with Gasteiger partial charge >= 0.3 is 0 Å². The number of halogens is 1. The van der Waals surface area contributed by atoms with Crippen LogP contribution >= 0.6 is 11.3 Å². The van der Waals surface area contributed by atoms with Gasteiger partial charge in [-0.3, -0.25) is 4.79 Å². The number of piperazine rings is 1. The Labute approximate surface area is 149 Å². The molecule has 0 N–H and O–H groups in total. The number of carbonyl (C=O) groups is 1. The molecule has 0 bridgehead atoms. The summed E-state index contributed by atoms with van der Waals surface area (Å²) in [6.07, 6.45) is 3.88. The normalized spacial score (nSPS) is 14.8. The van der Waals surface area contributed by atoms with Crippen molar-refractivity contribution in [2.24, 2.45) is 0 Å². The monoisotopic (exact) mass is 355 g/mol. The Balaban J connectivity index is 1.48. The number of aromatic nitrogens is 1. The van der Waals surface area contributed by atoms with E-state index in [0.29, 0.717) is 31.9 Å². The van der Waals surface area contributed by atoms with Gasteiger partial charge in [-0.15, -0.1) is 11.3 Å². The number of nitrogens with zero attached hydrogens (tertiary/aromatic N) is 3. The molecule has 2 aromatic heterocycles. The lowest BCUT2D eigenvalue weighted by Crippen LogP contribution is -2.49. The Bertz CT molecular complexity index is 866. The maximum atomic E-state index is 13.9. The minimum absolute atomic E-state index is 0.0480. The zero-order valence-electron chi connectivity index (χ0n) is 13.6. The summed E-state index contributed by atoms with van der Waals surface area (Å²) in [4.78, 5) is 17.5. The number of benzene rings is 1. The molecular weight excluding hydrogens is 337 g/mol. The zero-order chi connectivity index (χ0) is 17.2. The van der Waals surface area contributed by atoms with Crippen molar-refractivity contribution in [3.8, 4) is 5.69 Å². The van der Waals surface area contributed by atoms with Crippen LogP contribution in [0.2, 0.25) is 0 Å². The van der Waals surface area contributed by atoms with Gasteiger partial charge in [-0.1, -0.05) is 12.1 Å². The molecule has 3 heterocycles. The van der Waals surface area contributed by atoms with E-state index in [1.165, 1.54) is 17.4 Å². The largest absolute Gasteiger partial charge is 0.366 e. The summed E-state index contributed by atoms with van der Waals surface area (Å²) in [6, 6.07) is 12.6. The Hall–Kier alpha value is -2.60. The average Bonchev–Trinajstić information content (AvgIpc) is 3.33. The predicted octanol–water partition coefficient (Wildman–Crippen LogP) is 3.64. The van der Waals surface area contributed by atoms with Crippen LogP contribution < -0.4 is 4.90 Å². The van der Waals surface area contributed by atoms with Crippen LogP contribution in [0.15, 0.2) is 60.2 Å². The van der Waals surface area contributed by atoms with Crippen molar-refractivity contribution in [3.63, 3.8) is 0 Å². The first kappa shape index (κ1) is 15.9. The van der Waals surface area contributed by atoms with Crippen LogP contribution in [0.5, 0.6) is 0 Å². The van der Waals surface area contributed by atoms with E-state index in [1.54, 1.807) is 12.1 Å². The fraction of sp³-hybridized carbons (Fsp3) is 0.211. The number of rotatable bonds is 3. The second kappa shape index (κ2) is 6.72. The molecule has 1 fully saturated rings. The molecule has 128 valence electrons. The van der Waals surface area contributed by atoms with Gasteiger partial charge in [-0.25, -0.2) is 4.39 Å². The highest BCUT2D eigenvalue weighted by atomic mass is 32.1. The van der Waals surface area contributed by atoms with Crippen molar-refractivity contribution in [3.05, 3.63) is 70.9 Å². The Kier molecular flexibility index (Phi) is 4.28. The molecule has 0 spiro atoms. The topological polar surface area (TPSA) is 28.5 Å². The van der Waals surface area contributed by atoms with Crippen LogP contribution in [-0.2, 0) is 0 Å². The smallest absolute Gasteiger partial charge is 0.266 e. The second-order valence-corrected chi connectivity index (χ2v) is 6.87. The van der Waals surface area contributed by atoms with Crippen LogP contribution in [-0.4, -0.2) is 41.6 Å². The van der Waals surface area contributed by atoms with Gasteiger partial charge < -0.3 is 14.4 Å². The number of para-hydroxylation sites is 1. The van der Waals surface area contributed by atoms with Crippen molar-refractivity contribution < 1.29 is 9.18 Å². The molecule has 1 amide bonds. The summed E-state index contributed by atoms with van der Waals surface area (Å²) in [5.41, 5.74) is 1.52. The molecule has 0 unspecified atom stereocenters. The Morgan fingerprint density at radius 2 is 1.64 bits per heavy atom. The Morgan fingerprint density at radius 3 is 2.36 bits per heavy atom. The molecule has 0 radical (unpaired) electrons. The van der Waals surface area contributed by atoms with Crippen LogP contribution in [0, 0.1) is 5.82 Å². The van der Waals surface area contributed by atoms with E-state index in [0.717, 1.165) is 10.6 Å². The van der Waals surface area contributed by atoms with Gasteiger partial charge in [0, 0.05) is 38.6 Å². The van der Waals surface area contributed by atoms with E-state index >= 15 is 0 Å². The summed E-state index contributed by atoms with van der Waals surface area (Å²) in [7, 11) is 0. The minimum Gasteiger partial charge on any atom is -0.366 e. The molecule has 6 heteroatoms. The minimum atomic E-state index is -0.213. The number of amides is 1. The van der Waals surface area contributed by atoms with Gasteiger partial charge in [0.2, 0.25) is 0 Å². The maximum absolute atomic E-state index is 13.9. The number of hydrogen-bond acceptors (Lipinski definition) is 3. The van der Waals surface area contributed by atoms with Crippen molar-refractivity contribution in [2.45, 2.75) is 0 Å². The molecule has 25 heavy (non-hydrogen) atoms. The summed E-state index contributed by atoms with van der Waals surface area (Å²) in [5, 5.41) is 1.94. The molecule has 0 saturated carbocycles. The van der Waals surface area contributed by atoms with E-state index in [2.05, 4.69) is 0 Å². The van der Waals surface area contributed by atoms with E-state index in [1.807, 2.05) is 56.4 Å². The molecular formula is C19H18FN3OS. The molecule has 4 nitrogen and oxygen atoms in total. The van der Waals surface area contributed by atoms with Gasteiger partial charge in [-0.2, -0.15) is 0 Å². The molecule has 4 rings (SSSR count). The Morgan fingerprint density at radius 1 is 0.920 bits per heavy atom. The fourth-order valence-electron chi connectivity index (χ4n) is 3.16. The quantitative estimate of drug-likeness (QED) is 0.718. The highest BCUT2D eigenvalue weighted by Crippen LogP contribution is 2.25. The second-order valence-electron chi connectivity index (χ2n) is 5.96. The van der Waals surface area contributed by atoms with E-state index < -0.39 is 0 Å². The van der Waals surface area contributed by atoms with Crippen LogP contribution in [0.25, 0.3) is 5.69 Å². The van der Waals surface area contributed by atoms with Crippen molar-refractivity contribution in [2.75, 3.05) is 31.1 Å². The van der Waals surface area contributed by atoms with E-state index in [9.17, 15) is 9.18 Å². The maximum Gasteiger partial charge on any atom is 0.266 e. The van der Waals surface area contributed by atoms with Crippen LogP contribution in [0.3, 0.4) is 0 Å². The van der Waals surface area contributed by atoms with Gasteiger partial charge in [-0.05, 0) is 35.7 Å². The highest BCUT2D eigenvalue weighted by molar-refractivity contribution is 7.12. The number of anilines is 1. The third-order valence-corrected chi connectivity index (χ3v) is 5.37. The lowest BCUT2D eigenvalue weighted by molar-refractivity contribution is 0.0751. The number of thiophene rings is 1. The van der Waals surface area contributed by atoms with Gasteiger partial charge in [0.15, 0.2) is 0 Å². The van der Waals surface area contributed by atoms with Gasteiger partial charge in [0.1, 0.15) is 10.7 Å². The van der Waals surface area contributed by atoms with Gasteiger partial charge in [0.05, 0.1) is 11.4 Å². The third-order valence-electron chi connectivity index (χ3n) is 4.48. The predicted molar refractivity (Wildman–Crippen MR) is 98.2 cm³/mol. The van der Waals surface area contributed by atoms with E-state index in [4.69, 9.17) is 0 Å². The first-order valence-corrected chi connectivity index (χ1v) is 9.11. The lowest BCUT2D eigenvalue weighted by Gasteiger charge is -2.36. The summed E-state index contributed by atoms with van der Waals surface area (Å²) in [5.74, 6) is -0.165. The lowest BCUT2D eigenvalue weighted by atomic mass is 10.2. The van der Waals surface area contributed by atoms with Crippen molar-refractivity contribution in [1.82, 2.24) is 9.47 Å². The van der Waals surface area contributed by atoms with E-state index in [-0.39, 0.29) is 11.7 Å². The van der Waals surface area contributed by atoms with Gasteiger partial charge in [0.25, 0.3) is 5.91 Å². The number of carbonyl (C=O) groups excluding carboxylic acids is 1. The third kappa shape index (κ3) is 3.05. The highest BCUT2D eigenvalue weighted by Gasteiger charge is 2.26. The molecule has 0 atom stereocenters. The fourth-order valence-corrected chi connectivity index (χ4v) is 4.02. The molecule has 1 saturated heterocycles. The molecule has 1 aromatic carbocycles. The summed E-state index contributed by atoms with van der Waals surface area (Å²) < 4.78 is 15.9. The number of hydrogen-bond donors (Lipinski definition) is 0. The van der Waals surface area contributed by atoms with Crippen LogP contribution in [0.4, 0.5) is 10.1 Å². The zero-order valence-corrected chi connectivity index (χ0v) is 14.5. The van der Waals surface area contributed by atoms with Crippen LogP contribution in [0.1, 0.15) is 9.67 Å². The first-order valence-electron chi connectivity index (χ1n) is 8.23. The molecule has 1 aliphatic rings. The molecule has 3 aromatic rings. The average molecular weight is 355 g/mol. The summed E-state index contributed by atoms with van der Waals surface area (Å²) >= 11 is 1.46. The van der Waals surface area contributed by atoms with Crippen molar-refractivity contribution in [1.29, 1.82) is 0 Å².